The molecule has 1 aliphatic rings. The first-order chi connectivity index (χ1) is 6.08. The maximum atomic E-state index is 10.7. The minimum absolute atomic E-state index is 0. The van der Waals surface area contributed by atoms with Crippen LogP contribution in [-0.2, 0) is 10.0 Å². The van der Waals surface area contributed by atoms with Crippen molar-refractivity contribution in [3.8, 4) is 0 Å². The van der Waals surface area contributed by atoms with E-state index in [9.17, 15) is 8.42 Å². The molecule has 14 heavy (non-hydrogen) atoms. The molecule has 4 nitrogen and oxygen atoms in total. The van der Waals surface area contributed by atoms with Crippen LogP contribution in [0, 0.1) is 5.92 Å². The van der Waals surface area contributed by atoms with Gasteiger partial charge in [0.2, 0.25) is 10.0 Å². The van der Waals surface area contributed by atoms with E-state index in [0.29, 0.717) is 12.5 Å². The maximum Gasteiger partial charge on any atom is 0.208 e. The summed E-state index contributed by atoms with van der Waals surface area (Å²) in [6.07, 6.45) is 4.58. The first-order valence-electron chi connectivity index (χ1n) is 4.73. The summed E-state index contributed by atoms with van der Waals surface area (Å²) in [5.41, 5.74) is 0. The Kier molecular flexibility index (Phi) is 6.68. The highest BCUT2D eigenvalue weighted by Crippen LogP contribution is 2.12. The SMILES string of the molecule is CS(=O)(=O)NCCC1CCCNC1.Cl. The third-order valence-electron chi connectivity index (χ3n) is 2.32. The zero-order chi connectivity index (χ0) is 9.73. The molecule has 0 aliphatic carbocycles. The molecule has 0 amide bonds. The molecule has 1 atom stereocenters. The van der Waals surface area contributed by atoms with E-state index in [1.807, 2.05) is 0 Å². The first-order valence-corrected chi connectivity index (χ1v) is 6.62. The van der Waals surface area contributed by atoms with Crippen LogP contribution in [-0.4, -0.2) is 34.3 Å². The topological polar surface area (TPSA) is 58.2 Å². The highest BCUT2D eigenvalue weighted by molar-refractivity contribution is 7.88. The second-order valence-electron chi connectivity index (χ2n) is 3.67. The molecule has 6 heteroatoms. The average molecular weight is 243 g/mol. The predicted molar refractivity (Wildman–Crippen MR) is 60.3 cm³/mol. The monoisotopic (exact) mass is 242 g/mol. The lowest BCUT2D eigenvalue weighted by Gasteiger charge is -2.22. The van der Waals surface area contributed by atoms with Crippen molar-refractivity contribution in [3.05, 3.63) is 0 Å². The fraction of sp³-hybridized carbons (Fsp3) is 1.00. The van der Waals surface area contributed by atoms with Gasteiger partial charge in [-0.15, -0.1) is 12.4 Å². The van der Waals surface area contributed by atoms with Crippen molar-refractivity contribution < 1.29 is 8.42 Å². The molecule has 0 radical (unpaired) electrons. The van der Waals surface area contributed by atoms with Gasteiger partial charge in [-0.3, -0.25) is 0 Å². The van der Waals surface area contributed by atoms with Gasteiger partial charge < -0.3 is 5.32 Å². The van der Waals surface area contributed by atoms with E-state index in [0.717, 1.165) is 19.5 Å². The van der Waals surface area contributed by atoms with E-state index in [4.69, 9.17) is 0 Å². The molecule has 1 fully saturated rings. The minimum atomic E-state index is -3.00. The van der Waals surface area contributed by atoms with Gasteiger partial charge in [0.1, 0.15) is 0 Å². The molecule has 0 aromatic carbocycles. The van der Waals surface area contributed by atoms with Gasteiger partial charge in [0.25, 0.3) is 0 Å². The Hall–Kier alpha value is 0.160. The summed E-state index contributed by atoms with van der Waals surface area (Å²) in [6, 6.07) is 0. The number of hydrogen-bond acceptors (Lipinski definition) is 3. The fourth-order valence-electron chi connectivity index (χ4n) is 1.62. The summed E-state index contributed by atoms with van der Waals surface area (Å²) in [7, 11) is -3.00. The molecular weight excluding hydrogens is 224 g/mol. The molecule has 1 unspecified atom stereocenters. The molecule has 2 N–H and O–H groups in total. The lowest BCUT2D eigenvalue weighted by atomic mass is 9.96. The third-order valence-corrected chi connectivity index (χ3v) is 3.04. The van der Waals surface area contributed by atoms with Crippen molar-refractivity contribution in [1.29, 1.82) is 0 Å². The van der Waals surface area contributed by atoms with Gasteiger partial charge in [-0.1, -0.05) is 0 Å². The quantitative estimate of drug-likeness (QED) is 0.748. The fourth-order valence-corrected chi connectivity index (χ4v) is 2.11. The molecule has 0 aromatic rings. The van der Waals surface area contributed by atoms with Gasteiger partial charge in [-0.05, 0) is 38.3 Å². The second kappa shape index (κ2) is 6.61. The number of nitrogens with one attached hydrogen (secondary N) is 2. The normalized spacial score (nSPS) is 22.8. The van der Waals surface area contributed by atoms with Gasteiger partial charge in [0, 0.05) is 6.54 Å². The summed E-state index contributed by atoms with van der Waals surface area (Å²) in [6.45, 7) is 2.71. The summed E-state index contributed by atoms with van der Waals surface area (Å²) in [5.74, 6) is 0.642. The molecule has 0 bridgehead atoms. The number of piperidine rings is 1. The van der Waals surface area contributed by atoms with Gasteiger partial charge in [-0.25, -0.2) is 13.1 Å². The smallest absolute Gasteiger partial charge is 0.208 e. The van der Waals surface area contributed by atoms with Crippen LogP contribution in [0.2, 0.25) is 0 Å². The second-order valence-corrected chi connectivity index (χ2v) is 5.50. The molecule has 1 rings (SSSR count). The summed E-state index contributed by atoms with van der Waals surface area (Å²) in [5, 5.41) is 3.31. The zero-order valence-corrected chi connectivity index (χ0v) is 10.1. The Balaban J connectivity index is 0.00000169. The van der Waals surface area contributed by atoms with Crippen molar-refractivity contribution in [2.75, 3.05) is 25.9 Å². The highest BCUT2D eigenvalue weighted by Gasteiger charge is 2.12. The van der Waals surface area contributed by atoms with Crippen LogP contribution in [0.3, 0.4) is 0 Å². The van der Waals surface area contributed by atoms with Crippen LogP contribution in [0.25, 0.3) is 0 Å². The Labute approximate surface area is 92.3 Å². The lowest BCUT2D eigenvalue weighted by Crippen LogP contribution is -2.32. The average Bonchev–Trinajstić information content (AvgIpc) is 2.04. The van der Waals surface area contributed by atoms with Crippen molar-refractivity contribution in [3.63, 3.8) is 0 Å². The van der Waals surface area contributed by atoms with Crippen molar-refractivity contribution in [2.45, 2.75) is 19.3 Å². The Morgan fingerprint density at radius 1 is 1.50 bits per heavy atom. The van der Waals surface area contributed by atoms with E-state index in [-0.39, 0.29) is 12.4 Å². The largest absolute Gasteiger partial charge is 0.316 e. The van der Waals surface area contributed by atoms with E-state index < -0.39 is 10.0 Å². The van der Waals surface area contributed by atoms with Crippen LogP contribution < -0.4 is 10.0 Å². The zero-order valence-electron chi connectivity index (χ0n) is 8.45. The van der Waals surface area contributed by atoms with Gasteiger partial charge in [0.05, 0.1) is 6.26 Å². The van der Waals surface area contributed by atoms with Crippen LogP contribution in [0.1, 0.15) is 19.3 Å². The summed E-state index contributed by atoms with van der Waals surface area (Å²) < 4.78 is 24.0. The lowest BCUT2D eigenvalue weighted by molar-refractivity contribution is 0.358. The highest BCUT2D eigenvalue weighted by atomic mass is 35.5. The number of rotatable bonds is 4. The van der Waals surface area contributed by atoms with Crippen LogP contribution in [0.4, 0.5) is 0 Å². The maximum absolute atomic E-state index is 10.7. The van der Waals surface area contributed by atoms with Crippen LogP contribution in [0.15, 0.2) is 0 Å². The van der Waals surface area contributed by atoms with E-state index in [2.05, 4.69) is 10.0 Å². The standard InChI is InChI=1S/C8H18N2O2S.ClH/c1-13(11,12)10-6-4-8-3-2-5-9-7-8;/h8-10H,2-7H2,1H3;1H. The Morgan fingerprint density at radius 3 is 2.71 bits per heavy atom. The third kappa shape index (κ3) is 6.59. The van der Waals surface area contributed by atoms with Gasteiger partial charge in [0.15, 0.2) is 0 Å². The molecule has 0 spiro atoms. The first kappa shape index (κ1) is 14.2. The van der Waals surface area contributed by atoms with Crippen molar-refractivity contribution in [2.24, 2.45) is 5.92 Å². The molecular formula is C8H19ClN2O2S. The predicted octanol–water partition coefficient (Wildman–Crippen LogP) is 0.347. The number of sulfonamides is 1. The van der Waals surface area contributed by atoms with Crippen molar-refractivity contribution >= 4 is 22.4 Å². The number of halogens is 1. The van der Waals surface area contributed by atoms with Gasteiger partial charge >= 0.3 is 0 Å². The van der Waals surface area contributed by atoms with E-state index >= 15 is 0 Å². The van der Waals surface area contributed by atoms with Crippen molar-refractivity contribution in [1.82, 2.24) is 10.0 Å². The van der Waals surface area contributed by atoms with Crippen LogP contribution in [0.5, 0.6) is 0 Å². The minimum Gasteiger partial charge on any atom is -0.316 e. The Bertz CT molecular complexity index is 238. The molecule has 1 heterocycles. The molecule has 1 saturated heterocycles. The molecule has 86 valence electrons. The van der Waals surface area contributed by atoms with E-state index in [1.54, 1.807) is 0 Å². The van der Waals surface area contributed by atoms with Gasteiger partial charge in [-0.2, -0.15) is 0 Å². The number of hydrogen-bond donors (Lipinski definition) is 2. The Morgan fingerprint density at radius 2 is 2.21 bits per heavy atom. The van der Waals surface area contributed by atoms with Crippen LogP contribution >= 0.6 is 12.4 Å². The summed E-state index contributed by atoms with van der Waals surface area (Å²) >= 11 is 0. The summed E-state index contributed by atoms with van der Waals surface area (Å²) in [4.78, 5) is 0. The molecule has 0 saturated carbocycles. The molecule has 0 aromatic heterocycles. The molecule has 1 aliphatic heterocycles. The van der Waals surface area contributed by atoms with E-state index in [1.165, 1.54) is 19.1 Å².